The third-order valence-electron chi connectivity index (χ3n) is 3.45. The highest BCUT2D eigenvalue weighted by molar-refractivity contribution is 5.93. The molecule has 2 aliphatic heterocycles. The summed E-state index contributed by atoms with van der Waals surface area (Å²) in [6.07, 6.45) is 3.21. The summed E-state index contributed by atoms with van der Waals surface area (Å²) in [6.45, 7) is 5.66. The van der Waals surface area contributed by atoms with Gasteiger partial charge in [-0.15, -0.1) is 0 Å². The second-order valence-corrected chi connectivity index (χ2v) is 5.37. The molecule has 6 nitrogen and oxygen atoms in total. The van der Waals surface area contributed by atoms with Crippen molar-refractivity contribution in [3.63, 3.8) is 0 Å². The van der Waals surface area contributed by atoms with Gasteiger partial charge in [0.25, 0.3) is 5.91 Å². The standard InChI is InChI=1S/C13H19NO5/c1-5-18-10(16)12-7-6-9(15)14-13(12,17-4)19-11(2,3)8-12/h6-7H,5,8H2,1-4H3,(H,14,15). The first kappa shape index (κ1) is 14.0. The summed E-state index contributed by atoms with van der Waals surface area (Å²) in [5, 5.41) is 2.61. The van der Waals surface area contributed by atoms with E-state index in [1.165, 1.54) is 19.3 Å². The average molecular weight is 269 g/mol. The molecule has 0 aromatic carbocycles. The van der Waals surface area contributed by atoms with E-state index in [2.05, 4.69) is 5.32 Å². The number of carbonyl (C=O) groups excluding carboxylic acids is 2. The van der Waals surface area contributed by atoms with Gasteiger partial charge in [0, 0.05) is 19.6 Å². The maximum atomic E-state index is 12.4. The quantitative estimate of drug-likeness (QED) is 0.764. The number of esters is 1. The fraction of sp³-hybridized carbons (Fsp3) is 0.692. The van der Waals surface area contributed by atoms with E-state index in [4.69, 9.17) is 14.2 Å². The largest absolute Gasteiger partial charge is 0.465 e. The van der Waals surface area contributed by atoms with Crippen molar-refractivity contribution in [3.05, 3.63) is 12.2 Å². The summed E-state index contributed by atoms with van der Waals surface area (Å²) in [4.78, 5) is 24.0. The zero-order valence-corrected chi connectivity index (χ0v) is 11.6. The molecule has 2 aliphatic rings. The molecule has 1 fully saturated rings. The van der Waals surface area contributed by atoms with Gasteiger partial charge in [-0.3, -0.25) is 9.59 Å². The van der Waals surface area contributed by atoms with Crippen LogP contribution in [0.2, 0.25) is 0 Å². The van der Waals surface area contributed by atoms with Crippen molar-refractivity contribution >= 4 is 11.9 Å². The number of methoxy groups -OCH3 is 1. The lowest BCUT2D eigenvalue weighted by Gasteiger charge is -2.41. The van der Waals surface area contributed by atoms with E-state index in [0.717, 1.165) is 0 Å². The third-order valence-corrected chi connectivity index (χ3v) is 3.45. The molecule has 0 spiro atoms. The van der Waals surface area contributed by atoms with Gasteiger partial charge in [0.1, 0.15) is 0 Å². The number of hydrogen-bond donors (Lipinski definition) is 1. The highest BCUT2D eigenvalue weighted by atomic mass is 16.7. The highest BCUT2D eigenvalue weighted by Gasteiger charge is 2.69. The number of nitrogens with one attached hydrogen (secondary N) is 1. The smallest absolute Gasteiger partial charge is 0.323 e. The van der Waals surface area contributed by atoms with Crippen LogP contribution in [0.3, 0.4) is 0 Å². The number of hydrogen-bond acceptors (Lipinski definition) is 5. The van der Waals surface area contributed by atoms with Crippen molar-refractivity contribution in [2.24, 2.45) is 5.41 Å². The van der Waals surface area contributed by atoms with Gasteiger partial charge in [-0.2, -0.15) is 0 Å². The second-order valence-electron chi connectivity index (χ2n) is 5.37. The summed E-state index contributed by atoms with van der Waals surface area (Å²) in [5.74, 6) is -2.33. The summed E-state index contributed by atoms with van der Waals surface area (Å²) in [7, 11) is 1.40. The SMILES string of the molecule is CCOC(=O)C12C=CC(=O)NC1(OC)OC(C)(C)C2. The lowest BCUT2D eigenvalue weighted by atomic mass is 9.76. The summed E-state index contributed by atoms with van der Waals surface area (Å²) in [5.41, 5.74) is -1.78. The first-order valence-corrected chi connectivity index (χ1v) is 6.25. The van der Waals surface area contributed by atoms with Gasteiger partial charge in [0.05, 0.1) is 12.2 Å². The zero-order chi connectivity index (χ0) is 14.3. The summed E-state index contributed by atoms with van der Waals surface area (Å²) < 4.78 is 16.3. The Morgan fingerprint density at radius 1 is 1.53 bits per heavy atom. The van der Waals surface area contributed by atoms with Crippen molar-refractivity contribution < 1.29 is 23.8 Å². The van der Waals surface area contributed by atoms with Gasteiger partial charge in [0.15, 0.2) is 5.41 Å². The second kappa shape index (κ2) is 4.31. The average Bonchev–Trinajstić information content (AvgIpc) is 2.57. The summed E-state index contributed by atoms with van der Waals surface area (Å²) >= 11 is 0. The molecule has 0 bridgehead atoms. The first-order valence-electron chi connectivity index (χ1n) is 6.25. The Morgan fingerprint density at radius 3 is 2.79 bits per heavy atom. The van der Waals surface area contributed by atoms with Crippen LogP contribution in [0.1, 0.15) is 27.2 Å². The van der Waals surface area contributed by atoms with Crippen LogP contribution in [0, 0.1) is 5.41 Å². The van der Waals surface area contributed by atoms with Crippen LogP contribution in [0.25, 0.3) is 0 Å². The van der Waals surface area contributed by atoms with Crippen molar-refractivity contribution in [2.45, 2.75) is 38.7 Å². The fourth-order valence-corrected chi connectivity index (χ4v) is 2.84. The molecule has 19 heavy (non-hydrogen) atoms. The molecule has 2 unspecified atom stereocenters. The monoisotopic (exact) mass is 269 g/mol. The van der Waals surface area contributed by atoms with E-state index in [1.807, 2.05) is 13.8 Å². The number of fused-ring (bicyclic) bond motifs is 1. The molecule has 0 aromatic rings. The molecule has 0 saturated carbocycles. The third kappa shape index (κ3) is 1.95. The normalized spacial score (nSPS) is 35.7. The lowest BCUT2D eigenvalue weighted by molar-refractivity contribution is -0.277. The van der Waals surface area contributed by atoms with Gasteiger partial charge in [0.2, 0.25) is 5.91 Å². The van der Waals surface area contributed by atoms with Crippen LogP contribution in [0.4, 0.5) is 0 Å². The Balaban J connectivity index is 2.53. The minimum Gasteiger partial charge on any atom is -0.465 e. The van der Waals surface area contributed by atoms with Gasteiger partial charge in [-0.25, -0.2) is 0 Å². The van der Waals surface area contributed by atoms with Crippen LogP contribution < -0.4 is 5.32 Å². The predicted octanol–water partition coefficient (Wildman–Crippen LogP) is 0.721. The molecule has 106 valence electrons. The topological polar surface area (TPSA) is 73.9 Å². The molecule has 0 aliphatic carbocycles. The number of carbonyl (C=O) groups is 2. The zero-order valence-electron chi connectivity index (χ0n) is 11.6. The Kier molecular flexibility index (Phi) is 3.18. The van der Waals surface area contributed by atoms with Crippen molar-refractivity contribution in [2.75, 3.05) is 13.7 Å². The van der Waals surface area contributed by atoms with Gasteiger partial charge < -0.3 is 19.5 Å². The molecule has 1 N–H and O–H groups in total. The molecule has 1 amide bonds. The molecular formula is C13H19NO5. The molecule has 1 saturated heterocycles. The van der Waals surface area contributed by atoms with Crippen molar-refractivity contribution in [3.8, 4) is 0 Å². The minimum absolute atomic E-state index is 0.253. The van der Waals surface area contributed by atoms with E-state index in [-0.39, 0.29) is 12.5 Å². The predicted molar refractivity (Wildman–Crippen MR) is 65.9 cm³/mol. The van der Waals surface area contributed by atoms with Crippen LogP contribution in [0.15, 0.2) is 12.2 Å². The van der Waals surface area contributed by atoms with E-state index in [1.54, 1.807) is 6.92 Å². The number of ether oxygens (including phenoxy) is 3. The molecule has 2 atom stereocenters. The molecule has 2 rings (SSSR count). The molecule has 6 heteroatoms. The number of amides is 1. The van der Waals surface area contributed by atoms with Crippen LogP contribution >= 0.6 is 0 Å². The van der Waals surface area contributed by atoms with Crippen LogP contribution in [0.5, 0.6) is 0 Å². The Morgan fingerprint density at radius 2 is 2.21 bits per heavy atom. The van der Waals surface area contributed by atoms with Crippen LogP contribution in [-0.4, -0.2) is 37.1 Å². The Hall–Kier alpha value is -1.40. The van der Waals surface area contributed by atoms with E-state index in [0.29, 0.717) is 6.42 Å². The summed E-state index contributed by atoms with van der Waals surface area (Å²) in [6, 6.07) is 0. The van der Waals surface area contributed by atoms with E-state index in [9.17, 15) is 9.59 Å². The molecular weight excluding hydrogens is 250 g/mol. The van der Waals surface area contributed by atoms with Crippen LogP contribution in [-0.2, 0) is 23.8 Å². The lowest BCUT2D eigenvalue weighted by Crippen LogP contribution is -2.64. The fourth-order valence-electron chi connectivity index (χ4n) is 2.84. The molecule has 0 radical (unpaired) electrons. The number of rotatable bonds is 3. The van der Waals surface area contributed by atoms with E-state index >= 15 is 0 Å². The molecule has 2 heterocycles. The Bertz CT molecular complexity index is 444. The Labute approximate surface area is 112 Å². The van der Waals surface area contributed by atoms with Gasteiger partial charge in [-0.1, -0.05) is 6.08 Å². The van der Waals surface area contributed by atoms with Gasteiger partial charge in [-0.05, 0) is 20.8 Å². The maximum absolute atomic E-state index is 12.4. The maximum Gasteiger partial charge on any atom is 0.323 e. The van der Waals surface area contributed by atoms with Crippen molar-refractivity contribution in [1.82, 2.24) is 5.32 Å². The molecule has 0 aromatic heterocycles. The van der Waals surface area contributed by atoms with Gasteiger partial charge >= 0.3 is 5.97 Å². The minimum atomic E-state index is -1.51. The van der Waals surface area contributed by atoms with E-state index < -0.39 is 22.9 Å². The highest BCUT2D eigenvalue weighted by Crippen LogP contribution is 2.53. The first-order chi connectivity index (χ1) is 8.81. The van der Waals surface area contributed by atoms with Crippen molar-refractivity contribution in [1.29, 1.82) is 0 Å².